The van der Waals surface area contributed by atoms with E-state index >= 15 is 0 Å². The molecular formula is C29H49N3O6. The van der Waals surface area contributed by atoms with Crippen LogP contribution >= 0.6 is 0 Å². The second-order valence-corrected chi connectivity index (χ2v) is 9.47. The molecule has 38 heavy (non-hydrogen) atoms. The molecule has 1 aromatic rings. The molecule has 0 unspecified atom stereocenters. The highest BCUT2D eigenvalue weighted by Crippen LogP contribution is 2.06. The fraction of sp³-hybridized carbons (Fsp3) is 0.690. The molecule has 9 heteroatoms. The summed E-state index contributed by atoms with van der Waals surface area (Å²) in [6, 6.07) is 9.56. The molecule has 0 aliphatic rings. The maximum Gasteiger partial charge on any atom is 0.407 e. The third-order valence-electron chi connectivity index (χ3n) is 6.04. The van der Waals surface area contributed by atoms with Gasteiger partial charge in [-0.2, -0.15) is 0 Å². The number of carbonyl (C=O) groups excluding carboxylic acids is 3. The Labute approximate surface area is 228 Å². The van der Waals surface area contributed by atoms with Crippen molar-refractivity contribution in [1.82, 2.24) is 16.0 Å². The Morgan fingerprint density at radius 3 is 1.79 bits per heavy atom. The van der Waals surface area contributed by atoms with E-state index in [0.717, 1.165) is 95.6 Å². The number of hydrogen-bond acceptors (Lipinski definition) is 6. The summed E-state index contributed by atoms with van der Waals surface area (Å²) in [4.78, 5) is 35.2. The molecule has 9 nitrogen and oxygen atoms in total. The minimum absolute atomic E-state index is 0.118. The number of benzene rings is 1. The first kappa shape index (κ1) is 33.2. The summed E-state index contributed by atoms with van der Waals surface area (Å²) in [6.07, 6.45) is 12.0. The minimum atomic E-state index is -0.408. The Morgan fingerprint density at radius 1 is 0.605 bits per heavy atom. The standard InChI is InChI=1S/C29H49N3O6/c33-23-15-6-4-12-20-30-27(34)19-11-2-1-3-13-21-31-28(35)37-24-16-7-5-14-22-32-29(36)38-25-26-17-9-8-10-18-26/h8-10,17-18,33H,1-7,11-16,19-25H2,(H,30,34)(H,31,35)(H,32,36). The molecule has 0 fully saturated rings. The zero-order valence-electron chi connectivity index (χ0n) is 23.0. The van der Waals surface area contributed by atoms with Gasteiger partial charge in [0.15, 0.2) is 0 Å². The molecule has 0 aliphatic heterocycles. The summed E-state index contributed by atoms with van der Waals surface area (Å²) in [6.45, 7) is 2.78. The van der Waals surface area contributed by atoms with Crippen LogP contribution in [0.1, 0.15) is 95.5 Å². The molecule has 0 radical (unpaired) electrons. The molecule has 1 aromatic carbocycles. The number of rotatable bonds is 23. The lowest BCUT2D eigenvalue weighted by Crippen LogP contribution is -2.26. The van der Waals surface area contributed by atoms with E-state index < -0.39 is 6.09 Å². The summed E-state index contributed by atoms with van der Waals surface area (Å²) in [5, 5.41) is 17.2. The van der Waals surface area contributed by atoms with Crippen LogP contribution in [-0.2, 0) is 20.9 Å². The number of amides is 3. The number of carbonyl (C=O) groups is 3. The average molecular weight is 536 g/mol. The molecule has 0 atom stereocenters. The van der Waals surface area contributed by atoms with Crippen molar-refractivity contribution in [3.05, 3.63) is 35.9 Å². The van der Waals surface area contributed by atoms with Gasteiger partial charge >= 0.3 is 12.2 Å². The van der Waals surface area contributed by atoms with Crippen molar-refractivity contribution in [3.8, 4) is 0 Å². The molecule has 0 bridgehead atoms. The van der Waals surface area contributed by atoms with Crippen LogP contribution in [0.15, 0.2) is 30.3 Å². The van der Waals surface area contributed by atoms with E-state index in [1.54, 1.807) is 0 Å². The summed E-state index contributed by atoms with van der Waals surface area (Å²) in [7, 11) is 0. The minimum Gasteiger partial charge on any atom is -0.450 e. The summed E-state index contributed by atoms with van der Waals surface area (Å²) in [5.41, 5.74) is 0.957. The lowest BCUT2D eigenvalue weighted by molar-refractivity contribution is -0.121. The van der Waals surface area contributed by atoms with Crippen LogP contribution < -0.4 is 16.0 Å². The Bertz CT molecular complexity index is 732. The molecule has 4 N–H and O–H groups in total. The van der Waals surface area contributed by atoms with Crippen LogP contribution in [0.3, 0.4) is 0 Å². The van der Waals surface area contributed by atoms with E-state index in [1.807, 2.05) is 30.3 Å². The van der Waals surface area contributed by atoms with Crippen molar-refractivity contribution in [1.29, 1.82) is 0 Å². The second kappa shape index (κ2) is 24.5. The molecular weight excluding hydrogens is 486 g/mol. The van der Waals surface area contributed by atoms with Gasteiger partial charge in [-0.25, -0.2) is 9.59 Å². The van der Waals surface area contributed by atoms with E-state index in [1.165, 1.54) is 0 Å². The van der Waals surface area contributed by atoms with Gasteiger partial charge in [0.25, 0.3) is 0 Å². The van der Waals surface area contributed by atoms with Crippen molar-refractivity contribution in [3.63, 3.8) is 0 Å². The fourth-order valence-electron chi connectivity index (χ4n) is 3.80. The molecule has 3 amide bonds. The van der Waals surface area contributed by atoms with Gasteiger partial charge in [-0.1, -0.05) is 68.9 Å². The average Bonchev–Trinajstić information content (AvgIpc) is 2.93. The topological polar surface area (TPSA) is 126 Å². The number of alkyl carbamates (subject to hydrolysis) is 2. The number of aliphatic hydroxyl groups is 1. The predicted octanol–water partition coefficient (Wildman–Crippen LogP) is 5.21. The first-order valence-corrected chi connectivity index (χ1v) is 14.3. The van der Waals surface area contributed by atoms with E-state index in [2.05, 4.69) is 16.0 Å². The molecule has 0 heterocycles. The lowest BCUT2D eigenvalue weighted by atomic mass is 10.1. The SMILES string of the molecule is O=C(CCCCCCCNC(=O)OCCCCCCNC(=O)OCc1ccccc1)NCCCCCCO. The first-order chi connectivity index (χ1) is 18.6. The van der Waals surface area contributed by atoms with E-state index in [9.17, 15) is 14.4 Å². The Hall–Kier alpha value is -2.81. The zero-order chi connectivity index (χ0) is 27.5. The highest BCUT2D eigenvalue weighted by molar-refractivity contribution is 5.75. The van der Waals surface area contributed by atoms with E-state index in [0.29, 0.717) is 26.1 Å². The molecule has 0 aromatic heterocycles. The molecule has 1 rings (SSSR count). The van der Waals surface area contributed by atoms with Gasteiger partial charge in [-0.3, -0.25) is 4.79 Å². The highest BCUT2D eigenvalue weighted by Gasteiger charge is 2.04. The van der Waals surface area contributed by atoms with Crippen molar-refractivity contribution < 1.29 is 29.0 Å². The monoisotopic (exact) mass is 535 g/mol. The largest absolute Gasteiger partial charge is 0.450 e. The molecule has 216 valence electrons. The summed E-state index contributed by atoms with van der Waals surface area (Å²) < 4.78 is 10.4. The van der Waals surface area contributed by atoms with Crippen LogP contribution in [0.2, 0.25) is 0 Å². The Balaban J connectivity index is 1.79. The number of aliphatic hydroxyl groups excluding tert-OH is 1. The maximum absolute atomic E-state index is 11.8. The molecule has 0 spiro atoms. The van der Waals surface area contributed by atoms with Gasteiger partial charge in [0.05, 0.1) is 6.61 Å². The van der Waals surface area contributed by atoms with Gasteiger partial charge in [0.2, 0.25) is 5.91 Å². The van der Waals surface area contributed by atoms with E-state index in [-0.39, 0.29) is 25.2 Å². The van der Waals surface area contributed by atoms with Gasteiger partial charge < -0.3 is 30.5 Å². The van der Waals surface area contributed by atoms with Gasteiger partial charge in [0.1, 0.15) is 6.61 Å². The predicted molar refractivity (Wildman–Crippen MR) is 149 cm³/mol. The third-order valence-corrected chi connectivity index (χ3v) is 6.04. The van der Waals surface area contributed by atoms with Crippen molar-refractivity contribution in [2.45, 2.75) is 96.5 Å². The van der Waals surface area contributed by atoms with Crippen LogP contribution in [0.25, 0.3) is 0 Å². The Kier molecular flexibility index (Phi) is 21.4. The zero-order valence-corrected chi connectivity index (χ0v) is 23.0. The number of hydrogen-bond donors (Lipinski definition) is 4. The Morgan fingerprint density at radius 2 is 1.13 bits per heavy atom. The van der Waals surface area contributed by atoms with Crippen LogP contribution in [-0.4, -0.2) is 56.0 Å². The quantitative estimate of drug-likeness (QED) is 0.143. The lowest BCUT2D eigenvalue weighted by Gasteiger charge is -2.08. The molecule has 0 saturated heterocycles. The maximum atomic E-state index is 11.8. The van der Waals surface area contributed by atoms with Crippen LogP contribution in [0.5, 0.6) is 0 Å². The fourth-order valence-corrected chi connectivity index (χ4v) is 3.80. The molecule has 0 aliphatic carbocycles. The normalized spacial score (nSPS) is 10.6. The molecule has 0 saturated carbocycles. The van der Waals surface area contributed by atoms with Gasteiger partial charge in [-0.05, 0) is 50.5 Å². The van der Waals surface area contributed by atoms with Crippen molar-refractivity contribution in [2.24, 2.45) is 0 Å². The second-order valence-electron chi connectivity index (χ2n) is 9.47. The number of unbranched alkanes of at least 4 members (excludes halogenated alkanes) is 10. The smallest absolute Gasteiger partial charge is 0.407 e. The van der Waals surface area contributed by atoms with Crippen LogP contribution in [0.4, 0.5) is 9.59 Å². The van der Waals surface area contributed by atoms with Gasteiger partial charge in [-0.15, -0.1) is 0 Å². The first-order valence-electron chi connectivity index (χ1n) is 14.3. The van der Waals surface area contributed by atoms with Crippen LogP contribution in [0, 0.1) is 0 Å². The van der Waals surface area contributed by atoms with Gasteiger partial charge in [0, 0.05) is 32.7 Å². The third kappa shape index (κ3) is 21.3. The number of nitrogens with one attached hydrogen (secondary N) is 3. The summed E-state index contributed by atoms with van der Waals surface area (Å²) >= 11 is 0. The van der Waals surface area contributed by atoms with E-state index in [4.69, 9.17) is 14.6 Å². The van der Waals surface area contributed by atoms with Crippen molar-refractivity contribution >= 4 is 18.1 Å². The highest BCUT2D eigenvalue weighted by atomic mass is 16.6. The van der Waals surface area contributed by atoms with Crippen molar-refractivity contribution in [2.75, 3.05) is 32.8 Å². The number of ether oxygens (including phenoxy) is 2. The summed E-state index contributed by atoms with van der Waals surface area (Å²) in [5.74, 6) is 0.118.